The molecule has 3 aliphatic carbocycles. The van der Waals surface area contributed by atoms with Crippen molar-refractivity contribution in [2.24, 2.45) is 10.8 Å². The maximum atomic E-state index is 6.47. The molecule has 0 N–H and O–H groups in total. The predicted molar refractivity (Wildman–Crippen MR) is 51.3 cm³/mol. The van der Waals surface area contributed by atoms with Crippen molar-refractivity contribution in [3.63, 3.8) is 0 Å². The molecule has 12 heavy (non-hydrogen) atoms. The Hall–Kier alpha value is 0.0300. The first-order chi connectivity index (χ1) is 5.82. The van der Waals surface area contributed by atoms with E-state index in [1.165, 1.54) is 38.5 Å². The van der Waals surface area contributed by atoms with E-state index in [1.807, 2.05) is 0 Å². The van der Waals surface area contributed by atoms with Gasteiger partial charge in [-0.2, -0.15) is 0 Å². The number of rotatable bonds is 0. The summed E-state index contributed by atoms with van der Waals surface area (Å²) in [5.74, 6) is 0. The van der Waals surface area contributed by atoms with Gasteiger partial charge in [-0.1, -0.05) is 25.0 Å². The quantitative estimate of drug-likeness (QED) is 0.397. The van der Waals surface area contributed by atoms with Crippen LogP contribution in [0.3, 0.4) is 0 Å². The molecule has 0 aliphatic heterocycles. The third-order valence-electron chi connectivity index (χ3n) is 4.51. The van der Waals surface area contributed by atoms with Crippen molar-refractivity contribution in [2.45, 2.75) is 43.9 Å². The molecule has 1 unspecified atom stereocenters. The first-order valence-corrected chi connectivity index (χ1v) is 5.55. The standard InChI is InChI=1S/C11H15Cl/c12-9-10-5-1-2-6-11(9,10)8-4-3-7-10/h1-2,9H,3-8H2/t9?,10-,11+. The average Bonchev–Trinajstić information content (AvgIpc) is 2.69. The average molecular weight is 183 g/mol. The summed E-state index contributed by atoms with van der Waals surface area (Å²) in [5.41, 5.74) is 1.11. The summed E-state index contributed by atoms with van der Waals surface area (Å²) in [6.07, 6.45) is 12.9. The van der Waals surface area contributed by atoms with Gasteiger partial charge in [-0.05, 0) is 36.5 Å². The van der Waals surface area contributed by atoms with Crippen molar-refractivity contribution in [1.29, 1.82) is 0 Å². The van der Waals surface area contributed by atoms with Crippen molar-refractivity contribution in [2.75, 3.05) is 0 Å². The highest BCUT2D eigenvalue weighted by Gasteiger charge is 2.74. The van der Waals surface area contributed by atoms with E-state index in [-0.39, 0.29) is 0 Å². The highest BCUT2D eigenvalue weighted by molar-refractivity contribution is 6.24. The summed E-state index contributed by atoms with van der Waals surface area (Å²) in [6, 6.07) is 0. The second-order valence-electron chi connectivity index (χ2n) is 4.76. The second kappa shape index (κ2) is 2.09. The molecule has 0 aromatic heterocycles. The van der Waals surface area contributed by atoms with Crippen LogP contribution in [-0.2, 0) is 0 Å². The monoisotopic (exact) mass is 182 g/mol. The third kappa shape index (κ3) is 0.596. The summed E-state index contributed by atoms with van der Waals surface area (Å²) < 4.78 is 0. The van der Waals surface area contributed by atoms with Gasteiger partial charge in [0.15, 0.2) is 0 Å². The summed E-state index contributed by atoms with van der Waals surface area (Å²) >= 11 is 6.47. The minimum absolute atomic E-state index is 0.502. The van der Waals surface area contributed by atoms with Crippen LogP contribution in [0.2, 0.25) is 0 Å². The van der Waals surface area contributed by atoms with Crippen LogP contribution in [0.5, 0.6) is 0 Å². The van der Waals surface area contributed by atoms with Crippen LogP contribution in [-0.4, -0.2) is 5.38 Å². The second-order valence-corrected chi connectivity index (χ2v) is 5.20. The number of hydrogen-bond acceptors (Lipinski definition) is 0. The molecule has 0 heterocycles. The highest BCUT2D eigenvalue weighted by Crippen LogP contribution is 2.78. The Morgan fingerprint density at radius 2 is 1.50 bits per heavy atom. The van der Waals surface area contributed by atoms with Gasteiger partial charge in [0.2, 0.25) is 0 Å². The predicted octanol–water partition coefficient (Wildman–Crippen LogP) is 3.50. The lowest BCUT2D eigenvalue weighted by Gasteiger charge is -2.30. The van der Waals surface area contributed by atoms with E-state index >= 15 is 0 Å². The number of allylic oxidation sites excluding steroid dienone is 2. The maximum Gasteiger partial charge on any atom is 0.0466 e. The largest absolute Gasteiger partial charge is 0.122 e. The maximum absolute atomic E-state index is 6.47. The number of hydrogen-bond donors (Lipinski definition) is 0. The Bertz CT molecular complexity index is 221. The molecule has 0 spiro atoms. The highest BCUT2D eigenvalue weighted by atomic mass is 35.5. The zero-order chi connectivity index (χ0) is 8.23. The van der Waals surface area contributed by atoms with Crippen LogP contribution >= 0.6 is 11.6 Å². The summed E-state index contributed by atoms with van der Waals surface area (Å²) in [6.45, 7) is 0. The molecule has 2 saturated carbocycles. The zero-order valence-electron chi connectivity index (χ0n) is 7.35. The van der Waals surface area contributed by atoms with Crippen LogP contribution in [0.1, 0.15) is 38.5 Å². The van der Waals surface area contributed by atoms with Crippen LogP contribution < -0.4 is 0 Å². The normalized spacial score (nSPS) is 55.9. The summed E-state index contributed by atoms with van der Waals surface area (Å²) in [7, 11) is 0. The Morgan fingerprint density at radius 1 is 1.00 bits per heavy atom. The molecule has 0 aromatic carbocycles. The van der Waals surface area contributed by atoms with Gasteiger partial charge in [0.25, 0.3) is 0 Å². The van der Waals surface area contributed by atoms with Crippen molar-refractivity contribution >= 4 is 11.6 Å². The molecule has 3 rings (SSSR count). The molecule has 1 heteroatoms. The van der Waals surface area contributed by atoms with Gasteiger partial charge in [-0.15, -0.1) is 11.6 Å². The van der Waals surface area contributed by atoms with Gasteiger partial charge in [-0.25, -0.2) is 0 Å². The summed E-state index contributed by atoms with van der Waals surface area (Å²) in [4.78, 5) is 0. The van der Waals surface area contributed by atoms with Gasteiger partial charge in [-0.3, -0.25) is 0 Å². The molecule has 0 bridgehead atoms. The van der Waals surface area contributed by atoms with E-state index in [0.717, 1.165) is 0 Å². The minimum atomic E-state index is 0.502. The lowest BCUT2D eigenvalue weighted by atomic mass is 9.73. The fourth-order valence-electron chi connectivity index (χ4n) is 3.72. The molecule has 2 fully saturated rings. The van der Waals surface area contributed by atoms with E-state index in [9.17, 15) is 0 Å². The first kappa shape index (κ1) is 7.44. The van der Waals surface area contributed by atoms with Crippen LogP contribution in [0.25, 0.3) is 0 Å². The Kier molecular flexibility index (Phi) is 1.30. The SMILES string of the molecule is ClC1[C@@]23CC=CC[C@@]12CCCC3. The molecular formula is C11H15Cl. The number of alkyl halides is 1. The minimum Gasteiger partial charge on any atom is -0.122 e. The molecule has 0 nitrogen and oxygen atoms in total. The van der Waals surface area contributed by atoms with Gasteiger partial charge >= 0.3 is 0 Å². The lowest BCUT2D eigenvalue weighted by Crippen LogP contribution is -2.20. The van der Waals surface area contributed by atoms with Crippen LogP contribution in [0.4, 0.5) is 0 Å². The molecule has 3 atom stereocenters. The van der Waals surface area contributed by atoms with Crippen molar-refractivity contribution in [3.05, 3.63) is 12.2 Å². The molecule has 66 valence electrons. The first-order valence-electron chi connectivity index (χ1n) is 5.11. The molecule has 3 aliphatic rings. The molecule has 0 aromatic rings. The smallest absolute Gasteiger partial charge is 0.0466 e. The van der Waals surface area contributed by atoms with Gasteiger partial charge in [0, 0.05) is 5.38 Å². The van der Waals surface area contributed by atoms with E-state index in [1.54, 1.807) is 0 Å². The van der Waals surface area contributed by atoms with Gasteiger partial charge in [0.05, 0.1) is 0 Å². The fraction of sp³-hybridized carbons (Fsp3) is 0.818. The van der Waals surface area contributed by atoms with Gasteiger partial charge < -0.3 is 0 Å². The van der Waals surface area contributed by atoms with E-state index in [2.05, 4.69) is 12.2 Å². The van der Waals surface area contributed by atoms with Crippen LogP contribution in [0, 0.1) is 10.8 Å². The molecular weight excluding hydrogens is 168 g/mol. The molecule has 0 amide bonds. The topological polar surface area (TPSA) is 0 Å². The molecule has 0 saturated heterocycles. The van der Waals surface area contributed by atoms with Crippen molar-refractivity contribution in [1.82, 2.24) is 0 Å². The van der Waals surface area contributed by atoms with Crippen LogP contribution in [0.15, 0.2) is 12.2 Å². The zero-order valence-corrected chi connectivity index (χ0v) is 8.11. The van der Waals surface area contributed by atoms with E-state index < -0.39 is 0 Å². The Balaban J connectivity index is 2.00. The van der Waals surface area contributed by atoms with E-state index in [0.29, 0.717) is 16.2 Å². The third-order valence-corrected chi connectivity index (χ3v) is 5.34. The Labute approximate surface area is 79.0 Å². The lowest BCUT2D eigenvalue weighted by molar-refractivity contribution is 0.231. The van der Waals surface area contributed by atoms with Gasteiger partial charge in [0.1, 0.15) is 0 Å². The van der Waals surface area contributed by atoms with E-state index in [4.69, 9.17) is 11.6 Å². The number of halogens is 1. The van der Waals surface area contributed by atoms with Crippen molar-refractivity contribution < 1.29 is 0 Å². The van der Waals surface area contributed by atoms with Crippen molar-refractivity contribution in [3.8, 4) is 0 Å². The summed E-state index contributed by atoms with van der Waals surface area (Å²) in [5, 5.41) is 0.502. The molecule has 0 radical (unpaired) electrons. The Morgan fingerprint density at radius 3 is 2.00 bits per heavy atom. The fourth-order valence-corrected chi connectivity index (χ4v) is 4.48.